The Morgan fingerprint density at radius 1 is 1.00 bits per heavy atom. The molecular formula is C21H21F3N2O6. The van der Waals surface area contributed by atoms with Crippen molar-refractivity contribution in [3.05, 3.63) is 53.6 Å². The van der Waals surface area contributed by atoms with Gasteiger partial charge in [0.1, 0.15) is 18.0 Å². The predicted molar refractivity (Wildman–Crippen MR) is 108 cm³/mol. The van der Waals surface area contributed by atoms with Gasteiger partial charge in [0, 0.05) is 17.3 Å². The zero-order chi connectivity index (χ0) is 23.9. The van der Waals surface area contributed by atoms with Gasteiger partial charge in [0.2, 0.25) is 0 Å². The molecule has 2 aromatic rings. The van der Waals surface area contributed by atoms with Crippen molar-refractivity contribution in [2.45, 2.75) is 19.2 Å². The highest BCUT2D eigenvalue weighted by Crippen LogP contribution is 2.30. The van der Waals surface area contributed by atoms with Crippen molar-refractivity contribution < 1.29 is 41.8 Å². The maximum absolute atomic E-state index is 12.8. The molecule has 0 aliphatic heterocycles. The number of nitrogens with one attached hydrogen (secondary N) is 2. The van der Waals surface area contributed by atoms with Gasteiger partial charge in [-0.15, -0.1) is 0 Å². The zero-order valence-electron chi connectivity index (χ0n) is 17.4. The Kier molecular flexibility index (Phi) is 8.05. The Bertz CT molecular complexity index is 971. The summed E-state index contributed by atoms with van der Waals surface area (Å²) in [5, 5.41) is 4.58. The molecule has 0 bridgehead atoms. The van der Waals surface area contributed by atoms with E-state index in [0.717, 1.165) is 18.2 Å². The van der Waals surface area contributed by atoms with Crippen LogP contribution >= 0.6 is 0 Å². The fourth-order valence-electron chi connectivity index (χ4n) is 2.50. The number of alkyl halides is 3. The van der Waals surface area contributed by atoms with Gasteiger partial charge in [0.05, 0.1) is 19.8 Å². The maximum atomic E-state index is 12.8. The van der Waals surface area contributed by atoms with E-state index in [0.29, 0.717) is 11.5 Å². The Morgan fingerprint density at radius 3 is 2.19 bits per heavy atom. The van der Waals surface area contributed by atoms with Gasteiger partial charge in [-0.05, 0) is 37.3 Å². The molecule has 0 spiro atoms. The largest absolute Gasteiger partial charge is 0.497 e. The highest BCUT2D eigenvalue weighted by Gasteiger charge is 2.30. The van der Waals surface area contributed by atoms with Crippen molar-refractivity contribution in [3.63, 3.8) is 0 Å². The Balaban J connectivity index is 1.90. The van der Waals surface area contributed by atoms with Crippen LogP contribution in [-0.2, 0) is 20.5 Å². The third-order valence-electron chi connectivity index (χ3n) is 4.14. The molecule has 0 saturated heterocycles. The summed E-state index contributed by atoms with van der Waals surface area (Å²) in [5.41, 5.74) is -0.867. The summed E-state index contributed by atoms with van der Waals surface area (Å²) in [6.45, 7) is 0.703. The second-order valence-electron chi connectivity index (χ2n) is 6.48. The molecule has 0 fully saturated rings. The molecule has 0 radical (unpaired) electrons. The molecule has 0 heterocycles. The van der Waals surface area contributed by atoms with Crippen LogP contribution in [0.4, 0.5) is 18.9 Å². The topological polar surface area (TPSA) is 103 Å². The van der Waals surface area contributed by atoms with E-state index in [1.54, 1.807) is 6.07 Å². The van der Waals surface area contributed by atoms with Crippen LogP contribution in [0, 0.1) is 0 Å². The molecule has 0 aromatic heterocycles. The predicted octanol–water partition coefficient (Wildman–Crippen LogP) is 3.02. The number of carbonyl (C=O) groups is 3. The maximum Gasteiger partial charge on any atom is 0.416 e. The number of esters is 1. The molecule has 2 N–H and O–H groups in total. The smallest absolute Gasteiger partial charge is 0.416 e. The number of ether oxygens (including phenoxy) is 3. The van der Waals surface area contributed by atoms with Gasteiger partial charge in [0.25, 0.3) is 11.8 Å². The normalized spacial score (nSPS) is 11.8. The molecule has 2 aromatic carbocycles. The first-order valence-corrected chi connectivity index (χ1v) is 9.22. The first kappa shape index (κ1) is 24.5. The number of benzene rings is 2. The lowest BCUT2D eigenvalue weighted by atomic mass is 10.2. The summed E-state index contributed by atoms with van der Waals surface area (Å²) in [7, 11) is 2.83. The number of anilines is 1. The standard InChI is InChI=1S/C21H21F3N2O6/c1-12(19(28)26-15-6-4-5-14(9-15)21(22,23)24)32-18(27)11-25-20(29)13-7-16(30-2)10-17(8-13)31-3/h4-10,12H,11H2,1-3H3,(H,25,29)(H,26,28)/t12-/m0/s1. The molecule has 1 atom stereocenters. The van der Waals surface area contributed by atoms with Gasteiger partial charge < -0.3 is 24.8 Å². The lowest BCUT2D eigenvalue weighted by Gasteiger charge is -2.15. The summed E-state index contributed by atoms with van der Waals surface area (Å²) >= 11 is 0. The number of rotatable bonds is 8. The monoisotopic (exact) mass is 454 g/mol. The van der Waals surface area contributed by atoms with E-state index in [-0.39, 0.29) is 11.3 Å². The third-order valence-corrected chi connectivity index (χ3v) is 4.14. The van der Waals surface area contributed by atoms with Gasteiger partial charge in [-0.25, -0.2) is 0 Å². The summed E-state index contributed by atoms with van der Waals surface area (Å²) in [6.07, 6.45) is -5.88. The van der Waals surface area contributed by atoms with Crippen molar-refractivity contribution in [1.29, 1.82) is 0 Å². The molecule has 0 aliphatic rings. The Morgan fingerprint density at radius 2 is 1.62 bits per heavy atom. The summed E-state index contributed by atoms with van der Waals surface area (Å²) in [5.74, 6) is -1.62. The molecule has 0 aliphatic carbocycles. The molecule has 32 heavy (non-hydrogen) atoms. The van der Waals surface area contributed by atoms with Crippen LogP contribution in [0.2, 0.25) is 0 Å². The van der Waals surface area contributed by atoms with Crippen molar-refractivity contribution in [2.24, 2.45) is 0 Å². The molecule has 172 valence electrons. The van der Waals surface area contributed by atoms with Gasteiger partial charge in [0.15, 0.2) is 6.10 Å². The SMILES string of the molecule is COc1cc(OC)cc(C(=O)NCC(=O)O[C@@H](C)C(=O)Nc2cccc(C(F)(F)F)c2)c1. The van der Waals surface area contributed by atoms with E-state index in [4.69, 9.17) is 14.2 Å². The van der Waals surface area contributed by atoms with Gasteiger partial charge in [-0.1, -0.05) is 6.07 Å². The fourth-order valence-corrected chi connectivity index (χ4v) is 2.50. The molecule has 2 rings (SSSR count). The van der Waals surface area contributed by atoms with Crippen molar-refractivity contribution in [1.82, 2.24) is 5.32 Å². The summed E-state index contributed by atoms with van der Waals surface area (Å²) in [4.78, 5) is 36.3. The molecule has 11 heteroatoms. The second-order valence-corrected chi connectivity index (χ2v) is 6.48. The second kappa shape index (κ2) is 10.5. The van der Waals surface area contributed by atoms with Crippen LogP contribution < -0.4 is 20.1 Å². The van der Waals surface area contributed by atoms with Crippen LogP contribution in [0.3, 0.4) is 0 Å². The number of hydrogen-bond acceptors (Lipinski definition) is 6. The van der Waals surface area contributed by atoms with Crippen LogP contribution in [0.1, 0.15) is 22.8 Å². The van der Waals surface area contributed by atoms with Crippen LogP contribution in [0.25, 0.3) is 0 Å². The number of amides is 2. The number of hydrogen-bond donors (Lipinski definition) is 2. The van der Waals surface area contributed by atoms with E-state index in [9.17, 15) is 27.6 Å². The van der Waals surface area contributed by atoms with Gasteiger partial charge in [-0.3, -0.25) is 14.4 Å². The molecular weight excluding hydrogens is 433 g/mol. The van der Waals surface area contributed by atoms with Crippen molar-refractivity contribution >= 4 is 23.5 Å². The summed E-state index contributed by atoms with van der Waals surface area (Å²) < 4.78 is 53.3. The van der Waals surface area contributed by atoms with Crippen molar-refractivity contribution in [2.75, 3.05) is 26.1 Å². The lowest BCUT2D eigenvalue weighted by Crippen LogP contribution is -2.35. The molecule has 2 amide bonds. The Labute approximate surface area is 181 Å². The zero-order valence-corrected chi connectivity index (χ0v) is 17.4. The van der Waals surface area contributed by atoms with Gasteiger partial charge >= 0.3 is 12.1 Å². The number of halogens is 3. The quantitative estimate of drug-likeness (QED) is 0.595. The molecule has 0 saturated carbocycles. The average Bonchev–Trinajstić information content (AvgIpc) is 2.76. The minimum absolute atomic E-state index is 0.104. The average molecular weight is 454 g/mol. The molecule has 8 nitrogen and oxygen atoms in total. The van der Waals surface area contributed by atoms with Crippen LogP contribution in [0.5, 0.6) is 11.5 Å². The first-order chi connectivity index (χ1) is 15.0. The third kappa shape index (κ3) is 6.89. The van der Waals surface area contributed by atoms with E-state index >= 15 is 0 Å². The highest BCUT2D eigenvalue weighted by atomic mass is 19.4. The van der Waals surface area contributed by atoms with E-state index < -0.39 is 42.2 Å². The molecule has 0 unspecified atom stereocenters. The lowest BCUT2D eigenvalue weighted by molar-refractivity contribution is -0.152. The Hall–Kier alpha value is -3.76. The van der Waals surface area contributed by atoms with E-state index in [2.05, 4.69) is 10.6 Å². The minimum Gasteiger partial charge on any atom is -0.497 e. The van der Waals surface area contributed by atoms with Crippen molar-refractivity contribution in [3.8, 4) is 11.5 Å². The van der Waals surface area contributed by atoms with E-state index in [1.807, 2.05) is 0 Å². The number of methoxy groups -OCH3 is 2. The number of carbonyl (C=O) groups excluding carboxylic acids is 3. The van der Waals surface area contributed by atoms with Gasteiger partial charge in [-0.2, -0.15) is 13.2 Å². The summed E-state index contributed by atoms with van der Waals surface area (Å²) in [6, 6.07) is 8.47. The van der Waals surface area contributed by atoms with Crippen LogP contribution in [-0.4, -0.2) is 44.7 Å². The fraction of sp³-hybridized carbons (Fsp3) is 0.286. The highest BCUT2D eigenvalue weighted by molar-refractivity contribution is 5.98. The van der Waals surface area contributed by atoms with E-state index in [1.165, 1.54) is 39.3 Å². The minimum atomic E-state index is -4.57. The first-order valence-electron chi connectivity index (χ1n) is 9.22. The van der Waals surface area contributed by atoms with Crippen LogP contribution in [0.15, 0.2) is 42.5 Å².